The summed E-state index contributed by atoms with van der Waals surface area (Å²) in [6.45, 7) is 4.56. The number of aromatic nitrogens is 1. The predicted molar refractivity (Wildman–Crippen MR) is 71.2 cm³/mol. The topological polar surface area (TPSA) is 42.4 Å². The zero-order valence-electron chi connectivity index (χ0n) is 11.5. The van der Waals surface area contributed by atoms with Crippen molar-refractivity contribution in [1.29, 1.82) is 0 Å². The summed E-state index contributed by atoms with van der Waals surface area (Å²) < 4.78 is 5.71. The normalized spacial score (nSPS) is 23.6. The molecule has 2 rings (SSSR count). The Bertz CT molecular complexity index is 379. The zero-order valence-corrected chi connectivity index (χ0v) is 11.5. The molecule has 0 radical (unpaired) electrons. The lowest BCUT2D eigenvalue weighted by molar-refractivity contribution is -0.138. The van der Waals surface area contributed by atoms with Gasteiger partial charge in [0.1, 0.15) is 6.10 Å². The Morgan fingerprint density at radius 1 is 1.28 bits per heavy atom. The smallest absolute Gasteiger partial charge is 0.109 e. The number of rotatable bonds is 3. The van der Waals surface area contributed by atoms with Crippen molar-refractivity contribution in [3.05, 3.63) is 30.1 Å². The van der Waals surface area contributed by atoms with Crippen molar-refractivity contribution in [2.24, 2.45) is 5.41 Å². The van der Waals surface area contributed by atoms with Gasteiger partial charge in [-0.2, -0.15) is 0 Å². The van der Waals surface area contributed by atoms with Crippen molar-refractivity contribution >= 4 is 0 Å². The van der Waals surface area contributed by atoms with Crippen molar-refractivity contribution in [3.8, 4) is 0 Å². The Hall–Kier alpha value is -0.930. The predicted octanol–water partition coefficient (Wildman–Crippen LogP) is 3.10. The Balaban J connectivity index is 2.19. The average Bonchev–Trinajstić information content (AvgIpc) is 2.40. The molecule has 0 aliphatic heterocycles. The fraction of sp³-hybridized carbons (Fsp3) is 0.667. The van der Waals surface area contributed by atoms with Crippen LogP contribution in [0, 0.1) is 5.41 Å². The van der Waals surface area contributed by atoms with Gasteiger partial charge in [-0.3, -0.25) is 4.98 Å². The molecule has 3 heteroatoms. The summed E-state index contributed by atoms with van der Waals surface area (Å²) in [5.41, 5.74) is 0.758. The van der Waals surface area contributed by atoms with Crippen LogP contribution in [-0.2, 0) is 4.74 Å². The van der Waals surface area contributed by atoms with E-state index < -0.39 is 11.7 Å². The van der Waals surface area contributed by atoms with Crippen LogP contribution < -0.4 is 0 Å². The molecule has 1 atom stereocenters. The van der Waals surface area contributed by atoms with Gasteiger partial charge in [0.05, 0.1) is 5.60 Å². The second-order valence-electron chi connectivity index (χ2n) is 6.12. The minimum Gasteiger partial charge on any atom is -0.385 e. The molecule has 0 spiro atoms. The fourth-order valence-electron chi connectivity index (χ4n) is 2.78. The molecule has 1 fully saturated rings. The average molecular weight is 249 g/mol. The first-order chi connectivity index (χ1) is 8.49. The number of methoxy groups -OCH3 is 1. The summed E-state index contributed by atoms with van der Waals surface area (Å²) in [6, 6.07) is 3.77. The third-order valence-corrected chi connectivity index (χ3v) is 4.35. The summed E-state index contributed by atoms with van der Waals surface area (Å²) >= 11 is 0. The highest BCUT2D eigenvalue weighted by Crippen LogP contribution is 2.47. The quantitative estimate of drug-likeness (QED) is 0.895. The van der Waals surface area contributed by atoms with Crippen molar-refractivity contribution in [2.75, 3.05) is 7.11 Å². The second-order valence-corrected chi connectivity index (χ2v) is 6.12. The van der Waals surface area contributed by atoms with Gasteiger partial charge in [-0.1, -0.05) is 19.9 Å². The molecule has 0 aromatic carbocycles. The maximum Gasteiger partial charge on any atom is 0.109 e. The van der Waals surface area contributed by atoms with Crippen LogP contribution in [0.15, 0.2) is 24.5 Å². The van der Waals surface area contributed by atoms with E-state index >= 15 is 0 Å². The third kappa shape index (κ3) is 2.57. The van der Waals surface area contributed by atoms with E-state index in [0.717, 1.165) is 31.2 Å². The van der Waals surface area contributed by atoms with Crippen LogP contribution in [0.25, 0.3) is 0 Å². The van der Waals surface area contributed by atoms with Crippen molar-refractivity contribution in [2.45, 2.75) is 51.2 Å². The number of hydrogen-bond acceptors (Lipinski definition) is 3. The molecule has 1 aromatic rings. The lowest BCUT2D eigenvalue weighted by Gasteiger charge is -2.45. The molecule has 1 unspecified atom stereocenters. The SMILES string of the molecule is COC1(C(O)c2cccnc2)CCC(C)(C)CC1. The number of nitrogens with zero attached hydrogens (tertiary/aromatic N) is 1. The van der Waals surface area contributed by atoms with Crippen molar-refractivity contribution in [3.63, 3.8) is 0 Å². The Labute approximate surface area is 109 Å². The number of ether oxygens (including phenoxy) is 1. The molecule has 18 heavy (non-hydrogen) atoms. The van der Waals surface area contributed by atoms with Gasteiger partial charge in [-0.15, -0.1) is 0 Å². The first kappa shape index (κ1) is 13.5. The van der Waals surface area contributed by atoms with E-state index in [2.05, 4.69) is 18.8 Å². The summed E-state index contributed by atoms with van der Waals surface area (Å²) in [4.78, 5) is 4.08. The monoisotopic (exact) mass is 249 g/mol. The standard InChI is InChI=1S/C15H23NO2/c1-14(2)6-8-15(18-3,9-7-14)13(17)12-5-4-10-16-11-12/h4-5,10-11,13,17H,6-9H2,1-3H3. The highest BCUT2D eigenvalue weighted by molar-refractivity contribution is 5.17. The second kappa shape index (κ2) is 4.98. The third-order valence-electron chi connectivity index (χ3n) is 4.35. The van der Waals surface area contributed by atoms with Gasteiger partial charge in [-0.05, 0) is 37.2 Å². The molecular formula is C15H23NO2. The molecular weight excluding hydrogens is 226 g/mol. The highest BCUT2D eigenvalue weighted by atomic mass is 16.5. The van der Waals surface area contributed by atoms with Crippen LogP contribution in [0.2, 0.25) is 0 Å². The molecule has 1 aliphatic carbocycles. The minimum atomic E-state index is -0.590. The molecule has 0 bridgehead atoms. The van der Waals surface area contributed by atoms with Crippen molar-refractivity contribution in [1.82, 2.24) is 4.98 Å². The lowest BCUT2D eigenvalue weighted by Crippen LogP contribution is -2.43. The van der Waals surface area contributed by atoms with Crippen LogP contribution >= 0.6 is 0 Å². The van der Waals surface area contributed by atoms with Crippen LogP contribution in [0.1, 0.15) is 51.2 Å². The zero-order chi connectivity index (χ0) is 13.2. The van der Waals surface area contributed by atoms with E-state index in [1.807, 2.05) is 12.1 Å². The van der Waals surface area contributed by atoms with Gasteiger partial charge in [0, 0.05) is 25.1 Å². The lowest BCUT2D eigenvalue weighted by atomic mass is 9.68. The molecule has 1 saturated carbocycles. The van der Waals surface area contributed by atoms with Gasteiger partial charge in [0.15, 0.2) is 0 Å². The first-order valence-electron chi connectivity index (χ1n) is 6.62. The van der Waals surface area contributed by atoms with E-state index in [1.54, 1.807) is 19.5 Å². The van der Waals surface area contributed by atoms with Crippen LogP contribution in [0.5, 0.6) is 0 Å². The number of aliphatic hydroxyl groups excluding tert-OH is 1. The molecule has 1 N–H and O–H groups in total. The van der Waals surface area contributed by atoms with E-state index in [9.17, 15) is 5.11 Å². The van der Waals surface area contributed by atoms with E-state index in [1.165, 1.54) is 0 Å². The Morgan fingerprint density at radius 3 is 2.44 bits per heavy atom. The summed E-state index contributed by atoms with van der Waals surface area (Å²) in [6.07, 6.45) is 6.81. The van der Waals surface area contributed by atoms with Crippen molar-refractivity contribution < 1.29 is 9.84 Å². The summed E-state index contributed by atoms with van der Waals surface area (Å²) in [5.74, 6) is 0. The molecule has 0 saturated heterocycles. The first-order valence-corrected chi connectivity index (χ1v) is 6.62. The molecule has 3 nitrogen and oxygen atoms in total. The largest absolute Gasteiger partial charge is 0.385 e. The highest BCUT2D eigenvalue weighted by Gasteiger charge is 2.44. The van der Waals surface area contributed by atoms with Gasteiger partial charge in [0.2, 0.25) is 0 Å². The van der Waals surface area contributed by atoms with Crippen LogP contribution in [0.3, 0.4) is 0 Å². The van der Waals surface area contributed by atoms with Gasteiger partial charge >= 0.3 is 0 Å². The van der Waals surface area contributed by atoms with E-state index in [0.29, 0.717) is 5.41 Å². The fourth-order valence-corrected chi connectivity index (χ4v) is 2.78. The van der Waals surface area contributed by atoms with Gasteiger partial charge in [-0.25, -0.2) is 0 Å². The van der Waals surface area contributed by atoms with E-state index in [4.69, 9.17) is 4.74 Å². The molecule has 1 aliphatic rings. The number of pyridine rings is 1. The number of hydrogen-bond donors (Lipinski definition) is 1. The molecule has 1 heterocycles. The minimum absolute atomic E-state index is 0.358. The Morgan fingerprint density at radius 2 is 1.94 bits per heavy atom. The van der Waals surface area contributed by atoms with E-state index in [-0.39, 0.29) is 0 Å². The molecule has 1 aromatic heterocycles. The van der Waals surface area contributed by atoms with Gasteiger partial charge in [0.25, 0.3) is 0 Å². The molecule has 0 amide bonds. The molecule has 100 valence electrons. The van der Waals surface area contributed by atoms with Crippen LogP contribution in [0.4, 0.5) is 0 Å². The van der Waals surface area contributed by atoms with Gasteiger partial charge < -0.3 is 9.84 Å². The maximum absolute atomic E-state index is 10.6. The van der Waals surface area contributed by atoms with Crippen LogP contribution in [-0.4, -0.2) is 22.8 Å². The maximum atomic E-state index is 10.6. The summed E-state index contributed by atoms with van der Waals surface area (Å²) in [7, 11) is 1.71. The summed E-state index contributed by atoms with van der Waals surface area (Å²) in [5, 5.41) is 10.6. The Kier molecular flexibility index (Phi) is 3.74. The number of aliphatic hydroxyl groups is 1.